The number of benzene rings is 1. The third-order valence-corrected chi connectivity index (χ3v) is 4.76. The number of ether oxygens (including phenoxy) is 1. The highest BCUT2D eigenvalue weighted by Gasteiger charge is 2.43. The Balaban J connectivity index is 1.62. The van der Waals surface area contributed by atoms with E-state index in [1.165, 1.54) is 0 Å². The summed E-state index contributed by atoms with van der Waals surface area (Å²) >= 11 is 0. The zero-order valence-corrected chi connectivity index (χ0v) is 13.1. The fourth-order valence-corrected chi connectivity index (χ4v) is 3.74. The van der Waals surface area contributed by atoms with Crippen LogP contribution >= 0.6 is 0 Å². The number of aromatic nitrogens is 2. The van der Waals surface area contributed by atoms with E-state index >= 15 is 0 Å². The molecule has 1 saturated heterocycles. The normalized spacial score (nSPS) is 21.9. The van der Waals surface area contributed by atoms with Gasteiger partial charge in [-0.15, -0.1) is 0 Å². The van der Waals surface area contributed by atoms with Crippen LogP contribution in [0.3, 0.4) is 0 Å². The molecule has 1 aromatic carbocycles. The maximum Gasteiger partial charge on any atom is 0.254 e. The van der Waals surface area contributed by atoms with Gasteiger partial charge in [0.25, 0.3) is 5.91 Å². The summed E-state index contributed by atoms with van der Waals surface area (Å²) < 4.78 is 5.45. The molecule has 1 aromatic heterocycles. The first-order valence-corrected chi connectivity index (χ1v) is 8.12. The molecule has 1 fully saturated rings. The van der Waals surface area contributed by atoms with Crippen molar-refractivity contribution in [3.63, 3.8) is 0 Å². The van der Waals surface area contributed by atoms with Gasteiger partial charge in [-0.25, -0.2) is 9.97 Å². The van der Waals surface area contributed by atoms with Gasteiger partial charge in [0.2, 0.25) is 0 Å². The molecule has 2 unspecified atom stereocenters. The largest absolute Gasteiger partial charge is 0.494 e. The molecule has 0 aliphatic carbocycles. The van der Waals surface area contributed by atoms with Crippen molar-refractivity contribution < 1.29 is 9.53 Å². The molecular formula is C18H19N3O2. The van der Waals surface area contributed by atoms with Crippen molar-refractivity contribution in [2.75, 3.05) is 6.61 Å². The maximum atomic E-state index is 13.0. The summed E-state index contributed by atoms with van der Waals surface area (Å²) in [6.45, 7) is 2.57. The number of hydrogen-bond acceptors (Lipinski definition) is 4. The van der Waals surface area contributed by atoms with E-state index in [0.29, 0.717) is 12.2 Å². The van der Waals surface area contributed by atoms with E-state index in [2.05, 4.69) is 9.97 Å². The molecule has 2 atom stereocenters. The van der Waals surface area contributed by atoms with Gasteiger partial charge in [-0.05, 0) is 44.0 Å². The standard InChI is InChI=1S/C18H19N3O2/c1-2-23-14-6-3-12(4-7-14)18(22)21-13-5-8-17(21)15-10-19-11-20-16(15)9-13/h3-4,6-7,10-11,13,17H,2,5,8-9H2,1H3. The fraction of sp³-hybridized carbons (Fsp3) is 0.389. The second kappa shape index (κ2) is 5.65. The van der Waals surface area contributed by atoms with Crippen LogP contribution in [0.4, 0.5) is 0 Å². The molecule has 118 valence electrons. The lowest BCUT2D eigenvalue weighted by molar-refractivity contribution is 0.0644. The van der Waals surface area contributed by atoms with Gasteiger partial charge in [0.1, 0.15) is 12.1 Å². The van der Waals surface area contributed by atoms with Crippen molar-refractivity contribution in [1.82, 2.24) is 14.9 Å². The molecule has 0 spiro atoms. The number of carbonyl (C=O) groups is 1. The third kappa shape index (κ3) is 2.36. The molecule has 0 saturated carbocycles. The number of amides is 1. The Labute approximate surface area is 135 Å². The van der Waals surface area contributed by atoms with E-state index in [9.17, 15) is 4.79 Å². The van der Waals surface area contributed by atoms with Gasteiger partial charge >= 0.3 is 0 Å². The van der Waals surface area contributed by atoms with Gasteiger partial charge in [0.15, 0.2) is 0 Å². The third-order valence-electron chi connectivity index (χ3n) is 4.76. The first-order valence-electron chi connectivity index (χ1n) is 8.12. The number of fused-ring (bicyclic) bond motifs is 4. The van der Waals surface area contributed by atoms with Crippen LogP contribution < -0.4 is 4.74 Å². The summed E-state index contributed by atoms with van der Waals surface area (Å²) in [5.74, 6) is 0.888. The molecular weight excluding hydrogens is 290 g/mol. The van der Waals surface area contributed by atoms with Crippen LogP contribution in [0.25, 0.3) is 0 Å². The highest BCUT2D eigenvalue weighted by atomic mass is 16.5. The summed E-state index contributed by atoms with van der Waals surface area (Å²) in [5, 5.41) is 0. The Hall–Kier alpha value is -2.43. The van der Waals surface area contributed by atoms with Crippen molar-refractivity contribution >= 4 is 5.91 Å². The smallest absolute Gasteiger partial charge is 0.254 e. The lowest BCUT2D eigenvalue weighted by Gasteiger charge is -2.35. The van der Waals surface area contributed by atoms with Gasteiger partial charge in [0, 0.05) is 29.8 Å². The second-order valence-electron chi connectivity index (χ2n) is 6.05. The van der Waals surface area contributed by atoms with Crippen molar-refractivity contribution in [2.24, 2.45) is 0 Å². The minimum atomic E-state index is 0.0926. The van der Waals surface area contributed by atoms with Gasteiger partial charge < -0.3 is 9.64 Å². The van der Waals surface area contributed by atoms with Crippen molar-refractivity contribution in [1.29, 1.82) is 0 Å². The predicted octanol–water partition coefficient (Wildman–Crippen LogP) is 2.78. The summed E-state index contributed by atoms with van der Waals surface area (Å²) in [7, 11) is 0. The first-order chi connectivity index (χ1) is 11.3. The average Bonchev–Trinajstić information content (AvgIpc) is 2.90. The quantitative estimate of drug-likeness (QED) is 0.875. The van der Waals surface area contributed by atoms with E-state index < -0.39 is 0 Å². The molecule has 1 amide bonds. The summed E-state index contributed by atoms with van der Waals surface area (Å²) in [6.07, 6.45) is 6.32. The van der Waals surface area contributed by atoms with Gasteiger partial charge in [-0.2, -0.15) is 0 Å². The molecule has 5 nitrogen and oxygen atoms in total. The van der Waals surface area contributed by atoms with Crippen LogP contribution in [0, 0.1) is 0 Å². The van der Waals surface area contributed by atoms with Gasteiger partial charge in [-0.1, -0.05) is 0 Å². The number of carbonyl (C=O) groups excluding carboxylic acids is 1. The van der Waals surface area contributed by atoms with Crippen LogP contribution in [0.1, 0.15) is 47.4 Å². The lowest BCUT2D eigenvalue weighted by Crippen LogP contribution is -2.42. The van der Waals surface area contributed by atoms with Gasteiger partial charge in [-0.3, -0.25) is 4.79 Å². The molecule has 4 rings (SSSR count). The average molecular weight is 309 g/mol. The van der Waals surface area contributed by atoms with Crippen molar-refractivity contribution in [2.45, 2.75) is 38.3 Å². The number of hydrogen-bond donors (Lipinski definition) is 0. The van der Waals surface area contributed by atoms with Crippen molar-refractivity contribution in [3.8, 4) is 5.75 Å². The zero-order valence-electron chi connectivity index (χ0n) is 13.1. The van der Waals surface area contributed by atoms with E-state index in [1.807, 2.05) is 42.3 Å². The fourth-order valence-electron chi connectivity index (χ4n) is 3.74. The molecule has 0 radical (unpaired) electrons. The monoisotopic (exact) mass is 309 g/mol. The van der Waals surface area contributed by atoms with Crippen molar-refractivity contribution in [3.05, 3.63) is 53.6 Å². The highest BCUT2D eigenvalue weighted by Crippen LogP contribution is 2.43. The highest BCUT2D eigenvalue weighted by molar-refractivity contribution is 5.95. The number of nitrogens with zero attached hydrogens (tertiary/aromatic N) is 3. The van der Waals surface area contributed by atoms with Crippen LogP contribution in [0.5, 0.6) is 5.75 Å². The predicted molar refractivity (Wildman–Crippen MR) is 85.3 cm³/mol. The molecule has 2 bridgehead atoms. The Bertz CT molecular complexity index is 729. The van der Waals surface area contributed by atoms with Crippen LogP contribution in [0.15, 0.2) is 36.8 Å². The molecule has 5 heteroatoms. The minimum Gasteiger partial charge on any atom is -0.494 e. The number of rotatable bonds is 3. The molecule has 0 N–H and O–H groups in total. The molecule has 2 aliphatic heterocycles. The Morgan fingerprint density at radius 1 is 1.30 bits per heavy atom. The SMILES string of the molecule is CCOc1ccc(C(=O)N2C3CCC2c2cncnc2C3)cc1. The van der Waals surface area contributed by atoms with Crippen LogP contribution in [-0.4, -0.2) is 33.4 Å². The molecule has 3 heterocycles. The van der Waals surface area contributed by atoms with E-state index in [0.717, 1.165) is 36.3 Å². The Kier molecular flexibility index (Phi) is 3.48. The summed E-state index contributed by atoms with van der Waals surface area (Å²) in [5.41, 5.74) is 2.93. The molecule has 2 aliphatic rings. The maximum absolute atomic E-state index is 13.0. The zero-order chi connectivity index (χ0) is 15.8. The second-order valence-corrected chi connectivity index (χ2v) is 6.05. The Morgan fingerprint density at radius 2 is 2.13 bits per heavy atom. The molecule has 2 aromatic rings. The van der Waals surface area contributed by atoms with E-state index in [1.54, 1.807) is 6.33 Å². The van der Waals surface area contributed by atoms with Crippen LogP contribution in [-0.2, 0) is 6.42 Å². The summed E-state index contributed by atoms with van der Waals surface area (Å²) in [4.78, 5) is 23.6. The minimum absolute atomic E-state index is 0.0926. The van der Waals surface area contributed by atoms with E-state index in [-0.39, 0.29) is 18.0 Å². The van der Waals surface area contributed by atoms with Gasteiger partial charge in [0.05, 0.1) is 18.3 Å². The molecule has 23 heavy (non-hydrogen) atoms. The Morgan fingerprint density at radius 3 is 2.91 bits per heavy atom. The first kappa shape index (κ1) is 14.2. The topological polar surface area (TPSA) is 55.3 Å². The van der Waals surface area contributed by atoms with Crippen LogP contribution in [0.2, 0.25) is 0 Å². The summed E-state index contributed by atoms with van der Waals surface area (Å²) in [6, 6.07) is 7.79. The lowest BCUT2D eigenvalue weighted by atomic mass is 9.98. The van der Waals surface area contributed by atoms with E-state index in [4.69, 9.17) is 4.74 Å².